The van der Waals surface area contributed by atoms with Gasteiger partial charge >= 0.3 is 6.03 Å². The number of amides is 2. The number of aryl methyl sites for hydroxylation is 2. The molecule has 2 unspecified atom stereocenters. The predicted octanol–water partition coefficient (Wildman–Crippen LogP) is 3.05. The van der Waals surface area contributed by atoms with E-state index in [-0.39, 0.29) is 18.2 Å². The molecule has 2 aliphatic rings. The van der Waals surface area contributed by atoms with E-state index in [2.05, 4.69) is 22.8 Å². The number of nitrogens with one attached hydrogen (secondary N) is 2. The summed E-state index contributed by atoms with van der Waals surface area (Å²) in [6.45, 7) is 0.470. The minimum absolute atomic E-state index is 0.0119. The maximum Gasteiger partial charge on any atom is 0.319 e. The van der Waals surface area contributed by atoms with E-state index in [1.807, 2.05) is 30.3 Å². The van der Waals surface area contributed by atoms with Gasteiger partial charge in [-0.25, -0.2) is 4.79 Å². The summed E-state index contributed by atoms with van der Waals surface area (Å²) in [5.74, 6) is 0.914. The van der Waals surface area contributed by atoms with Gasteiger partial charge in [-0.3, -0.25) is 0 Å². The molecule has 0 fully saturated rings. The van der Waals surface area contributed by atoms with E-state index in [1.165, 1.54) is 11.1 Å². The number of carbonyl (C=O) groups excluding carboxylic acids is 1. The molecule has 0 saturated heterocycles. The highest BCUT2D eigenvalue weighted by Gasteiger charge is 2.22. The molecule has 0 saturated carbocycles. The number of fused-ring (bicyclic) bond motifs is 2. The van der Waals surface area contributed by atoms with Crippen LogP contribution in [0.1, 0.15) is 29.5 Å². The van der Waals surface area contributed by atoms with E-state index in [1.54, 1.807) is 0 Å². The number of ether oxygens (including phenoxy) is 1. The Kier molecular flexibility index (Phi) is 4.80. The highest BCUT2D eigenvalue weighted by Crippen LogP contribution is 2.28. The number of hydrogen-bond donors (Lipinski definition) is 3. The van der Waals surface area contributed by atoms with E-state index >= 15 is 0 Å². The number of para-hydroxylation sites is 1. The van der Waals surface area contributed by atoms with Gasteiger partial charge in [-0.15, -0.1) is 0 Å². The standard InChI is InChI=1S/C21H24N2O3/c24-16-10-8-14-5-3-6-19(18(14)12-16)23-21(25)22-13-17-11-9-15-4-1-2-7-20(15)26-17/h1-7,16-17,24H,8-13H2,(H2,22,23,25). The van der Waals surface area contributed by atoms with E-state index in [9.17, 15) is 9.90 Å². The van der Waals surface area contributed by atoms with Crippen molar-refractivity contribution in [3.8, 4) is 5.75 Å². The van der Waals surface area contributed by atoms with Gasteiger partial charge in [0.2, 0.25) is 0 Å². The Morgan fingerprint density at radius 2 is 1.88 bits per heavy atom. The first-order valence-electron chi connectivity index (χ1n) is 9.27. The van der Waals surface area contributed by atoms with Crippen LogP contribution in [0.25, 0.3) is 0 Å². The summed E-state index contributed by atoms with van der Waals surface area (Å²) in [5, 5.41) is 15.8. The largest absolute Gasteiger partial charge is 0.488 e. The minimum atomic E-state index is -0.329. The quantitative estimate of drug-likeness (QED) is 0.795. The fourth-order valence-electron chi connectivity index (χ4n) is 3.78. The average molecular weight is 352 g/mol. The molecule has 2 amide bonds. The number of anilines is 1. The zero-order valence-corrected chi connectivity index (χ0v) is 14.7. The molecule has 1 aliphatic heterocycles. The first-order chi connectivity index (χ1) is 12.7. The second-order valence-corrected chi connectivity index (χ2v) is 7.06. The molecule has 2 aromatic carbocycles. The van der Waals surface area contributed by atoms with Crippen molar-refractivity contribution in [1.82, 2.24) is 5.32 Å². The molecule has 1 heterocycles. The zero-order valence-electron chi connectivity index (χ0n) is 14.7. The van der Waals surface area contributed by atoms with Crippen molar-refractivity contribution in [1.29, 1.82) is 0 Å². The van der Waals surface area contributed by atoms with Crippen LogP contribution in [0.15, 0.2) is 42.5 Å². The van der Waals surface area contributed by atoms with Crippen molar-refractivity contribution in [3.63, 3.8) is 0 Å². The molecular formula is C21H24N2O3. The van der Waals surface area contributed by atoms with Gasteiger partial charge in [0, 0.05) is 12.1 Å². The number of aliphatic hydroxyl groups excluding tert-OH is 1. The fraction of sp³-hybridized carbons (Fsp3) is 0.381. The van der Waals surface area contributed by atoms with Crippen molar-refractivity contribution < 1.29 is 14.6 Å². The molecule has 5 heteroatoms. The topological polar surface area (TPSA) is 70.6 Å². The number of aliphatic hydroxyl groups is 1. The lowest BCUT2D eigenvalue weighted by Crippen LogP contribution is -2.39. The van der Waals surface area contributed by atoms with Gasteiger partial charge in [0.15, 0.2) is 0 Å². The summed E-state index contributed by atoms with van der Waals surface area (Å²) in [6, 6.07) is 13.7. The Morgan fingerprint density at radius 3 is 2.81 bits per heavy atom. The average Bonchev–Trinajstić information content (AvgIpc) is 2.67. The summed E-state index contributed by atoms with van der Waals surface area (Å²) in [7, 11) is 0. The van der Waals surface area contributed by atoms with Crippen molar-refractivity contribution in [2.24, 2.45) is 0 Å². The summed E-state index contributed by atoms with van der Waals surface area (Å²) in [6.07, 6.45) is 3.74. The molecule has 0 aromatic heterocycles. The molecule has 2 aromatic rings. The van der Waals surface area contributed by atoms with Gasteiger partial charge in [0.25, 0.3) is 0 Å². The van der Waals surface area contributed by atoms with Crippen molar-refractivity contribution >= 4 is 11.7 Å². The third-order valence-electron chi connectivity index (χ3n) is 5.20. The molecule has 0 bridgehead atoms. The predicted molar refractivity (Wildman–Crippen MR) is 101 cm³/mol. The molecule has 26 heavy (non-hydrogen) atoms. The van der Waals surface area contributed by atoms with Crippen LogP contribution in [0.4, 0.5) is 10.5 Å². The Labute approximate surface area is 153 Å². The maximum absolute atomic E-state index is 12.3. The van der Waals surface area contributed by atoms with Gasteiger partial charge in [-0.2, -0.15) is 0 Å². The highest BCUT2D eigenvalue weighted by molar-refractivity contribution is 5.90. The fourth-order valence-corrected chi connectivity index (χ4v) is 3.78. The van der Waals surface area contributed by atoms with Gasteiger partial charge < -0.3 is 20.5 Å². The van der Waals surface area contributed by atoms with Gasteiger partial charge in [-0.05, 0) is 54.5 Å². The van der Waals surface area contributed by atoms with Crippen LogP contribution in [0, 0.1) is 0 Å². The third-order valence-corrected chi connectivity index (χ3v) is 5.20. The third kappa shape index (κ3) is 3.68. The van der Waals surface area contributed by atoms with Crippen LogP contribution in [0.3, 0.4) is 0 Å². The molecule has 4 rings (SSSR count). The molecule has 0 spiro atoms. The second-order valence-electron chi connectivity index (χ2n) is 7.06. The summed E-state index contributed by atoms with van der Waals surface area (Å²) in [4.78, 5) is 12.3. The number of benzene rings is 2. The van der Waals surface area contributed by atoms with Crippen molar-refractivity contribution in [2.45, 2.75) is 44.3 Å². The first kappa shape index (κ1) is 16.9. The normalized spacial score (nSPS) is 21.1. The van der Waals surface area contributed by atoms with Crippen molar-refractivity contribution in [3.05, 3.63) is 59.2 Å². The van der Waals surface area contributed by atoms with Gasteiger partial charge in [0.05, 0.1) is 12.6 Å². The highest BCUT2D eigenvalue weighted by atomic mass is 16.5. The van der Waals surface area contributed by atoms with Crippen LogP contribution in [0.2, 0.25) is 0 Å². The van der Waals surface area contributed by atoms with E-state index in [0.29, 0.717) is 13.0 Å². The van der Waals surface area contributed by atoms with Gasteiger partial charge in [0.1, 0.15) is 11.9 Å². The zero-order chi connectivity index (χ0) is 17.9. The number of hydrogen-bond acceptors (Lipinski definition) is 3. The maximum atomic E-state index is 12.3. The smallest absolute Gasteiger partial charge is 0.319 e. The van der Waals surface area contributed by atoms with Crippen molar-refractivity contribution in [2.75, 3.05) is 11.9 Å². The Bertz CT molecular complexity index is 806. The van der Waals surface area contributed by atoms with Crippen LogP contribution < -0.4 is 15.4 Å². The Balaban J connectivity index is 1.34. The second kappa shape index (κ2) is 7.38. The summed E-state index contributed by atoms with van der Waals surface area (Å²) < 4.78 is 5.96. The monoisotopic (exact) mass is 352 g/mol. The molecule has 1 aliphatic carbocycles. The van der Waals surface area contributed by atoms with Crippen LogP contribution >= 0.6 is 0 Å². The van der Waals surface area contributed by atoms with Crippen LogP contribution in [-0.4, -0.2) is 29.9 Å². The lowest BCUT2D eigenvalue weighted by molar-refractivity contribution is 0.159. The van der Waals surface area contributed by atoms with E-state index in [4.69, 9.17) is 4.74 Å². The van der Waals surface area contributed by atoms with Crippen LogP contribution in [-0.2, 0) is 19.3 Å². The molecule has 2 atom stereocenters. The lowest BCUT2D eigenvalue weighted by atomic mass is 9.88. The Hall–Kier alpha value is -2.53. The van der Waals surface area contributed by atoms with E-state index < -0.39 is 0 Å². The lowest BCUT2D eigenvalue weighted by Gasteiger charge is -2.26. The van der Waals surface area contributed by atoms with E-state index in [0.717, 1.165) is 42.7 Å². The molecule has 136 valence electrons. The number of carbonyl (C=O) groups is 1. The minimum Gasteiger partial charge on any atom is -0.488 e. The molecular weight excluding hydrogens is 328 g/mol. The molecule has 0 radical (unpaired) electrons. The van der Waals surface area contributed by atoms with Gasteiger partial charge in [-0.1, -0.05) is 30.3 Å². The Morgan fingerprint density at radius 1 is 1.08 bits per heavy atom. The SMILES string of the molecule is O=C(NCC1CCc2ccccc2O1)Nc1cccc2c1CC(O)CC2. The molecule has 3 N–H and O–H groups in total. The molecule has 5 nitrogen and oxygen atoms in total. The number of urea groups is 1. The summed E-state index contributed by atoms with van der Waals surface area (Å²) in [5.41, 5.74) is 4.26. The van der Waals surface area contributed by atoms with Crippen LogP contribution in [0.5, 0.6) is 5.75 Å². The summed E-state index contributed by atoms with van der Waals surface area (Å²) >= 11 is 0. The first-order valence-corrected chi connectivity index (χ1v) is 9.27. The number of rotatable bonds is 3.